The van der Waals surface area contributed by atoms with E-state index in [1.54, 1.807) is 7.05 Å². The Morgan fingerprint density at radius 2 is 2.17 bits per heavy atom. The second-order valence-electron chi connectivity index (χ2n) is 3.68. The number of benzene rings is 1. The van der Waals surface area contributed by atoms with Crippen LogP contribution in [0.1, 0.15) is 12.5 Å². The molecule has 1 rings (SSSR count). The van der Waals surface area contributed by atoms with Crippen LogP contribution < -0.4 is 20.5 Å². The second kappa shape index (κ2) is 7.55. The predicted molar refractivity (Wildman–Crippen MR) is 69.9 cm³/mol. The Balaban J connectivity index is 2.90. The molecule has 1 aromatic carbocycles. The van der Waals surface area contributed by atoms with Gasteiger partial charge < -0.3 is 20.5 Å². The van der Waals surface area contributed by atoms with Gasteiger partial charge in [-0.1, -0.05) is 12.1 Å². The number of carbonyl (C=O) groups excluding carboxylic acids is 1. The SMILES string of the molecule is CCOc1cccc(CCN)c1OCC(=O)NC. The summed E-state index contributed by atoms with van der Waals surface area (Å²) in [5.41, 5.74) is 6.51. The molecule has 0 saturated carbocycles. The lowest BCUT2D eigenvalue weighted by Gasteiger charge is -2.15. The largest absolute Gasteiger partial charge is 0.490 e. The first kappa shape index (κ1) is 14.3. The van der Waals surface area contributed by atoms with E-state index in [4.69, 9.17) is 15.2 Å². The monoisotopic (exact) mass is 252 g/mol. The first-order valence-electron chi connectivity index (χ1n) is 6.01. The number of likely N-dealkylation sites (N-methyl/N-ethyl adjacent to an activating group) is 1. The van der Waals surface area contributed by atoms with E-state index in [0.717, 1.165) is 5.56 Å². The van der Waals surface area contributed by atoms with Gasteiger partial charge in [0.05, 0.1) is 6.61 Å². The number of nitrogens with one attached hydrogen (secondary N) is 1. The quantitative estimate of drug-likeness (QED) is 0.749. The summed E-state index contributed by atoms with van der Waals surface area (Å²) in [6, 6.07) is 5.64. The summed E-state index contributed by atoms with van der Waals surface area (Å²) in [6.45, 7) is 2.94. The van der Waals surface area contributed by atoms with Crippen molar-refractivity contribution in [2.24, 2.45) is 5.73 Å². The lowest BCUT2D eigenvalue weighted by atomic mass is 10.1. The van der Waals surface area contributed by atoms with E-state index < -0.39 is 0 Å². The first-order valence-corrected chi connectivity index (χ1v) is 6.01. The van der Waals surface area contributed by atoms with Crippen molar-refractivity contribution >= 4 is 5.91 Å². The van der Waals surface area contributed by atoms with Crippen LogP contribution >= 0.6 is 0 Å². The third-order valence-electron chi connectivity index (χ3n) is 2.40. The van der Waals surface area contributed by atoms with Crippen molar-refractivity contribution in [1.82, 2.24) is 5.32 Å². The molecule has 0 aliphatic rings. The third kappa shape index (κ3) is 3.92. The number of amides is 1. The average molecular weight is 252 g/mol. The lowest BCUT2D eigenvalue weighted by molar-refractivity contribution is -0.122. The highest BCUT2D eigenvalue weighted by Crippen LogP contribution is 2.31. The number of hydrogen-bond donors (Lipinski definition) is 2. The Bertz CT molecular complexity index is 370. The standard InChI is InChI=1S/C13H20N2O3/c1-3-17-11-6-4-5-10(7-8-14)13(11)18-9-12(16)15-2/h4-6H,3,7-9,14H2,1-2H3,(H,15,16). The molecule has 0 aromatic heterocycles. The van der Waals surface area contributed by atoms with E-state index in [1.165, 1.54) is 0 Å². The van der Waals surface area contributed by atoms with Gasteiger partial charge in [-0.2, -0.15) is 0 Å². The molecule has 0 aliphatic heterocycles. The molecule has 1 amide bonds. The van der Waals surface area contributed by atoms with E-state index >= 15 is 0 Å². The summed E-state index contributed by atoms with van der Waals surface area (Å²) >= 11 is 0. The van der Waals surface area contributed by atoms with Gasteiger partial charge in [0.2, 0.25) is 0 Å². The van der Waals surface area contributed by atoms with Crippen LogP contribution in [0, 0.1) is 0 Å². The van der Waals surface area contributed by atoms with Gasteiger partial charge in [0.25, 0.3) is 5.91 Å². The molecule has 0 saturated heterocycles. The van der Waals surface area contributed by atoms with Crippen LogP contribution in [0.25, 0.3) is 0 Å². The molecule has 0 unspecified atom stereocenters. The minimum Gasteiger partial charge on any atom is -0.490 e. The molecule has 18 heavy (non-hydrogen) atoms. The Hall–Kier alpha value is -1.75. The summed E-state index contributed by atoms with van der Waals surface area (Å²) in [6.07, 6.45) is 0.685. The second-order valence-corrected chi connectivity index (χ2v) is 3.68. The van der Waals surface area contributed by atoms with E-state index in [9.17, 15) is 4.79 Å². The van der Waals surface area contributed by atoms with Crippen molar-refractivity contribution < 1.29 is 14.3 Å². The number of hydrogen-bond acceptors (Lipinski definition) is 4. The van der Waals surface area contributed by atoms with E-state index in [1.807, 2.05) is 25.1 Å². The van der Waals surface area contributed by atoms with Crippen molar-refractivity contribution in [3.05, 3.63) is 23.8 Å². The fourth-order valence-corrected chi connectivity index (χ4v) is 1.56. The molecule has 0 radical (unpaired) electrons. The molecule has 1 aromatic rings. The van der Waals surface area contributed by atoms with Crippen LogP contribution in [0.4, 0.5) is 0 Å². The van der Waals surface area contributed by atoms with Crippen molar-refractivity contribution in [1.29, 1.82) is 0 Å². The molecule has 0 atom stereocenters. The highest BCUT2D eigenvalue weighted by atomic mass is 16.5. The van der Waals surface area contributed by atoms with Gasteiger partial charge in [0, 0.05) is 7.05 Å². The summed E-state index contributed by atoms with van der Waals surface area (Å²) in [4.78, 5) is 11.2. The number of carbonyl (C=O) groups is 1. The van der Waals surface area contributed by atoms with Gasteiger partial charge in [-0.05, 0) is 31.5 Å². The number of nitrogens with two attached hydrogens (primary N) is 1. The van der Waals surface area contributed by atoms with E-state index in [0.29, 0.717) is 31.1 Å². The van der Waals surface area contributed by atoms with Crippen molar-refractivity contribution in [3.63, 3.8) is 0 Å². The fraction of sp³-hybridized carbons (Fsp3) is 0.462. The molecule has 5 heteroatoms. The number of para-hydroxylation sites is 1. The summed E-state index contributed by atoms with van der Waals surface area (Å²) in [7, 11) is 1.57. The van der Waals surface area contributed by atoms with Crippen LogP contribution in [0.15, 0.2) is 18.2 Å². The molecule has 0 heterocycles. The topological polar surface area (TPSA) is 73.6 Å². The Labute approximate surface area is 107 Å². The third-order valence-corrected chi connectivity index (χ3v) is 2.40. The number of rotatable bonds is 7. The van der Waals surface area contributed by atoms with Crippen molar-refractivity contribution in [2.75, 3.05) is 26.8 Å². The maximum absolute atomic E-state index is 11.2. The molecule has 5 nitrogen and oxygen atoms in total. The number of ether oxygens (including phenoxy) is 2. The van der Waals surface area contributed by atoms with Gasteiger partial charge in [-0.3, -0.25) is 4.79 Å². The van der Waals surface area contributed by atoms with Crippen LogP contribution in [-0.4, -0.2) is 32.7 Å². The van der Waals surface area contributed by atoms with Crippen LogP contribution in [0.3, 0.4) is 0 Å². The molecule has 3 N–H and O–H groups in total. The van der Waals surface area contributed by atoms with Gasteiger partial charge in [0.1, 0.15) is 0 Å². The maximum atomic E-state index is 11.2. The lowest BCUT2D eigenvalue weighted by Crippen LogP contribution is -2.25. The Morgan fingerprint density at radius 1 is 1.39 bits per heavy atom. The normalized spacial score (nSPS) is 9.94. The predicted octanol–water partition coefficient (Wildman–Crippen LogP) is 0.711. The average Bonchev–Trinajstić information content (AvgIpc) is 2.38. The van der Waals surface area contributed by atoms with Gasteiger partial charge in [-0.25, -0.2) is 0 Å². The van der Waals surface area contributed by atoms with Crippen LogP contribution in [-0.2, 0) is 11.2 Å². The van der Waals surface area contributed by atoms with Crippen LogP contribution in [0.2, 0.25) is 0 Å². The molecule has 0 fully saturated rings. The Morgan fingerprint density at radius 3 is 2.78 bits per heavy atom. The molecular weight excluding hydrogens is 232 g/mol. The Kier molecular flexibility index (Phi) is 6.00. The van der Waals surface area contributed by atoms with Crippen LogP contribution in [0.5, 0.6) is 11.5 Å². The molecule has 100 valence electrons. The summed E-state index contributed by atoms with van der Waals surface area (Å²) < 4.78 is 11.0. The van der Waals surface area contributed by atoms with Crippen molar-refractivity contribution in [3.8, 4) is 11.5 Å². The van der Waals surface area contributed by atoms with Gasteiger partial charge in [0.15, 0.2) is 18.1 Å². The summed E-state index contributed by atoms with van der Waals surface area (Å²) in [5, 5.41) is 2.51. The van der Waals surface area contributed by atoms with E-state index in [-0.39, 0.29) is 12.5 Å². The smallest absolute Gasteiger partial charge is 0.257 e. The molecule has 0 aliphatic carbocycles. The molecule has 0 bridgehead atoms. The molecule has 0 spiro atoms. The molecular formula is C13H20N2O3. The minimum atomic E-state index is -0.181. The zero-order chi connectivity index (χ0) is 13.4. The van der Waals surface area contributed by atoms with E-state index in [2.05, 4.69) is 5.32 Å². The zero-order valence-electron chi connectivity index (χ0n) is 10.9. The highest BCUT2D eigenvalue weighted by molar-refractivity contribution is 5.77. The van der Waals surface area contributed by atoms with Gasteiger partial charge >= 0.3 is 0 Å². The zero-order valence-corrected chi connectivity index (χ0v) is 10.9. The fourth-order valence-electron chi connectivity index (χ4n) is 1.56. The van der Waals surface area contributed by atoms with Crippen molar-refractivity contribution in [2.45, 2.75) is 13.3 Å². The van der Waals surface area contributed by atoms with Gasteiger partial charge in [-0.15, -0.1) is 0 Å². The first-order chi connectivity index (χ1) is 8.72. The maximum Gasteiger partial charge on any atom is 0.257 e. The minimum absolute atomic E-state index is 0.0296. The summed E-state index contributed by atoms with van der Waals surface area (Å²) in [5.74, 6) is 1.07. The highest BCUT2D eigenvalue weighted by Gasteiger charge is 2.12.